The van der Waals surface area contributed by atoms with Crippen molar-refractivity contribution in [3.05, 3.63) is 21.9 Å². The second-order valence-electron chi connectivity index (χ2n) is 5.04. The molecule has 1 aromatic rings. The number of aryl methyl sites for hydroxylation is 1. The van der Waals surface area contributed by atoms with Crippen molar-refractivity contribution in [3.63, 3.8) is 0 Å². The Labute approximate surface area is 108 Å². The van der Waals surface area contributed by atoms with Gasteiger partial charge in [-0.05, 0) is 56.7 Å². The van der Waals surface area contributed by atoms with Crippen molar-refractivity contribution in [2.24, 2.45) is 0 Å². The van der Waals surface area contributed by atoms with E-state index in [1.165, 1.54) is 23.3 Å². The summed E-state index contributed by atoms with van der Waals surface area (Å²) in [7, 11) is 0. The molecule has 3 heteroatoms. The molecule has 2 unspecified atom stereocenters. The molecule has 1 aliphatic heterocycles. The third-order valence-electron chi connectivity index (χ3n) is 3.73. The van der Waals surface area contributed by atoms with Gasteiger partial charge in [-0.1, -0.05) is 6.92 Å². The summed E-state index contributed by atoms with van der Waals surface area (Å²) in [5, 5.41) is 5.80. The van der Waals surface area contributed by atoms with E-state index in [0.717, 1.165) is 19.6 Å². The Hall–Kier alpha value is -0.380. The maximum absolute atomic E-state index is 6.10. The lowest BCUT2D eigenvalue weighted by molar-refractivity contribution is -0.0895. The number of thiophene rings is 1. The highest BCUT2D eigenvalue weighted by atomic mass is 32.1. The number of hydrogen-bond donors (Lipinski definition) is 1. The van der Waals surface area contributed by atoms with E-state index in [-0.39, 0.29) is 5.60 Å². The van der Waals surface area contributed by atoms with Crippen molar-refractivity contribution in [1.82, 2.24) is 5.32 Å². The molecule has 1 aromatic heterocycles. The van der Waals surface area contributed by atoms with E-state index in [9.17, 15) is 0 Å². The Morgan fingerprint density at radius 1 is 1.53 bits per heavy atom. The summed E-state index contributed by atoms with van der Waals surface area (Å²) in [5.74, 6) is 0. The van der Waals surface area contributed by atoms with Gasteiger partial charge in [-0.3, -0.25) is 0 Å². The summed E-state index contributed by atoms with van der Waals surface area (Å²) in [5.41, 5.74) is 1.38. The van der Waals surface area contributed by atoms with Gasteiger partial charge in [0.2, 0.25) is 0 Å². The number of nitrogens with one attached hydrogen (secondary N) is 1. The van der Waals surface area contributed by atoms with Crippen molar-refractivity contribution in [2.75, 3.05) is 13.2 Å². The number of rotatable bonds is 4. The van der Waals surface area contributed by atoms with Crippen molar-refractivity contribution >= 4 is 11.3 Å². The first-order valence-corrected chi connectivity index (χ1v) is 7.46. The van der Waals surface area contributed by atoms with E-state index in [4.69, 9.17) is 4.74 Å². The maximum atomic E-state index is 6.10. The predicted molar refractivity (Wildman–Crippen MR) is 73.7 cm³/mol. The Morgan fingerprint density at radius 2 is 2.35 bits per heavy atom. The molecule has 2 rings (SSSR count). The van der Waals surface area contributed by atoms with Gasteiger partial charge in [0.15, 0.2) is 0 Å². The largest absolute Gasteiger partial charge is 0.373 e. The molecule has 17 heavy (non-hydrogen) atoms. The molecule has 0 radical (unpaired) electrons. The topological polar surface area (TPSA) is 21.3 Å². The third kappa shape index (κ3) is 2.72. The number of likely N-dealkylation sites (N-methyl/N-ethyl adjacent to an activating group) is 1. The fourth-order valence-corrected chi connectivity index (χ4v) is 3.48. The fourth-order valence-electron chi connectivity index (χ4n) is 2.74. The summed E-state index contributed by atoms with van der Waals surface area (Å²) < 4.78 is 6.10. The molecule has 2 atom stereocenters. The molecule has 2 nitrogen and oxygen atoms in total. The summed E-state index contributed by atoms with van der Waals surface area (Å²) in [6, 6.07) is 2.58. The van der Waals surface area contributed by atoms with Crippen LogP contribution in [0.4, 0.5) is 0 Å². The number of ether oxygens (including phenoxy) is 1. The zero-order valence-electron chi connectivity index (χ0n) is 11.1. The van der Waals surface area contributed by atoms with E-state index >= 15 is 0 Å². The van der Waals surface area contributed by atoms with E-state index in [1.54, 1.807) is 0 Å². The van der Waals surface area contributed by atoms with Crippen LogP contribution in [0.3, 0.4) is 0 Å². The third-order valence-corrected chi connectivity index (χ3v) is 4.59. The van der Waals surface area contributed by atoms with Crippen LogP contribution in [-0.2, 0) is 4.74 Å². The molecule has 0 aromatic carbocycles. The van der Waals surface area contributed by atoms with Crippen LogP contribution in [0.25, 0.3) is 0 Å². The fraction of sp³-hybridized carbons (Fsp3) is 0.714. The predicted octanol–water partition coefficient (Wildman–Crippen LogP) is 3.67. The van der Waals surface area contributed by atoms with E-state index < -0.39 is 0 Å². The molecule has 96 valence electrons. The van der Waals surface area contributed by atoms with Gasteiger partial charge in [0, 0.05) is 11.5 Å². The zero-order valence-corrected chi connectivity index (χ0v) is 11.9. The van der Waals surface area contributed by atoms with E-state index in [0.29, 0.717) is 6.04 Å². The minimum absolute atomic E-state index is 0.0416. The van der Waals surface area contributed by atoms with Gasteiger partial charge in [-0.15, -0.1) is 11.3 Å². The lowest BCUT2D eigenvalue weighted by Gasteiger charge is -2.41. The highest BCUT2D eigenvalue weighted by Crippen LogP contribution is 2.38. The maximum Gasteiger partial charge on any atom is 0.0848 e. The van der Waals surface area contributed by atoms with E-state index in [2.05, 4.69) is 37.5 Å². The van der Waals surface area contributed by atoms with Crippen molar-refractivity contribution in [2.45, 2.75) is 51.7 Å². The first-order valence-electron chi connectivity index (χ1n) is 6.58. The molecule has 0 bridgehead atoms. The quantitative estimate of drug-likeness (QED) is 0.884. The van der Waals surface area contributed by atoms with E-state index in [1.807, 2.05) is 11.3 Å². The van der Waals surface area contributed by atoms with Gasteiger partial charge in [-0.25, -0.2) is 0 Å². The number of hydrogen-bond acceptors (Lipinski definition) is 3. The molecule has 1 aliphatic rings. The first-order chi connectivity index (χ1) is 8.17. The first kappa shape index (κ1) is 13.1. The molecule has 1 fully saturated rings. The zero-order chi connectivity index (χ0) is 12.3. The normalized spacial score (nSPS) is 27.0. The summed E-state index contributed by atoms with van der Waals surface area (Å²) in [6.45, 7) is 8.52. The Balaban J connectivity index is 2.25. The van der Waals surface area contributed by atoms with Gasteiger partial charge in [0.1, 0.15) is 0 Å². The second-order valence-corrected chi connectivity index (χ2v) is 6.16. The molecule has 0 amide bonds. The van der Waals surface area contributed by atoms with Crippen LogP contribution in [0.1, 0.15) is 49.6 Å². The van der Waals surface area contributed by atoms with Crippen LogP contribution in [0.5, 0.6) is 0 Å². The van der Waals surface area contributed by atoms with Crippen LogP contribution >= 0.6 is 11.3 Å². The second kappa shape index (κ2) is 5.51. The summed E-state index contributed by atoms with van der Waals surface area (Å²) in [4.78, 5) is 1.41. The van der Waals surface area contributed by atoms with Crippen LogP contribution in [0.15, 0.2) is 11.4 Å². The molecular formula is C14H23NOS. The van der Waals surface area contributed by atoms with Gasteiger partial charge in [-0.2, -0.15) is 0 Å². The Morgan fingerprint density at radius 3 is 2.88 bits per heavy atom. The Kier molecular flexibility index (Phi) is 4.23. The monoisotopic (exact) mass is 253 g/mol. The molecule has 0 saturated carbocycles. The van der Waals surface area contributed by atoms with Gasteiger partial charge >= 0.3 is 0 Å². The van der Waals surface area contributed by atoms with Crippen LogP contribution in [0.2, 0.25) is 0 Å². The molecule has 0 aliphatic carbocycles. The summed E-state index contributed by atoms with van der Waals surface area (Å²) >= 11 is 1.83. The molecule has 0 spiro atoms. The SMILES string of the molecule is CCNC(c1ccsc1C)C1(C)CCCCO1. The molecule has 1 N–H and O–H groups in total. The standard InChI is InChI=1S/C14H23NOS/c1-4-15-13(12-7-10-17-11(12)2)14(3)8-5-6-9-16-14/h7,10,13,15H,4-6,8-9H2,1-3H3. The molecular weight excluding hydrogens is 230 g/mol. The minimum Gasteiger partial charge on any atom is -0.373 e. The molecule has 1 saturated heterocycles. The highest BCUT2D eigenvalue weighted by molar-refractivity contribution is 7.10. The van der Waals surface area contributed by atoms with Crippen molar-refractivity contribution in [1.29, 1.82) is 0 Å². The lowest BCUT2D eigenvalue weighted by atomic mass is 9.84. The van der Waals surface area contributed by atoms with Crippen LogP contribution in [-0.4, -0.2) is 18.8 Å². The summed E-state index contributed by atoms with van der Waals surface area (Å²) in [6.07, 6.45) is 3.64. The average molecular weight is 253 g/mol. The van der Waals surface area contributed by atoms with Gasteiger partial charge in [0.05, 0.1) is 11.6 Å². The van der Waals surface area contributed by atoms with Gasteiger partial charge in [0.25, 0.3) is 0 Å². The smallest absolute Gasteiger partial charge is 0.0848 e. The Bertz CT molecular complexity index is 355. The minimum atomic E-state index is -0.0416. The van der Waals surface area contributed by atoms with Gasteiger partial charge < -0.3 is 10.1 Å². The highest BCUT2D eigenvalue weighted by Gasteiger charge is 2.38. The van der Waals surface area contributed by atoms with Crippen LogP contribution in [0, 0.1) is 6.92 Å². The van der Waals surface area contributed by atoms with Crippen molar-refractivity contribution in [3.8, 4) is 0 Å². The average Bonchev–Trinajstić information content (AvgIpc) is 2.73. The molecule has 2 heterocycles. The van der Waals surface area contributed by atoms with Crippen LogP contribution < -0.4 is 5.32 Å². The lowest BCUT2D eigenvalue weighted by Crippen LogP contribution is -2.46. The van der Waals surface area contributed by atoms with Crippen molar-refractivity contribution < 1.29 is 4.74 Å².